The number of carbonyl (C=O) groups excluding carboxylic acids is 1. The number of nitrogens with zero attached hydrogens (tertiary/aromatic N) is 2. The van der Waals surface area contributed by atoms with Crippen LogP contribution < -0.4 is 10.2 Å². The highest BCUT2D eigenvalue weighted by Crippen LogP contribution is 2.35. The third kappa shape index (κ3) is 4.29. The van der Waals surface area contributed by atoms with Gasteiger partial charge in [-0.2, -0.15) is 5.10 Å². The first-order valence-corrected chi connectivity index (χ1v) is 8.83. The van der Waals surface area contributed by atoms with Crippen LogP contribution in [0.4, 0.5) is 5.88 Å². The van der Waals surface area contributed by atoms with Crippen molar-refractivity contribution >= 4 is 33.9 Å². The molecular weight excluding hydrogens is 406 g/mol. The number of furan rings is 1. The molecule has 1 aromatic heterocycles. The van der Waals surface area contributed by atoms with Crippen LogP contribution in [0.3, 0.4) is 0 Å². The monoisotopic (exact) mass is 421 g/mol. The van der Waals surface area contributed by atoms with Crippen LogP contribution in [0, 0.1) is 10.1 Å². The van der Waals surface area contributed by atoms with Crippen molar-refractivity contribution in [2.24, 2.45) is 5.10 Å². The predicted octanol–water partition coefficient (Wildman–Crippen LogP) is 3.36. The Hall–Kier alpha value is -2.68. The van der Waals surface area contributed by atoms with Gasteiger partial charge in [-0.1, -0.05) is 6.07 Å². The molecule has 0 saturated carbocycles. The number of nitro groups is 1. The molecule has 1 aliphatic carbocycles. The number of fused-ring (bicyclic) bond motifs is 1. The Balaban J connectivity index is 1.52. The highest BCUT2D eigenvalue weighted by atomic mass is 79.9. The molecule has 0 unspecified atom stereocenters. The van der Waals surface area contributed by atoms with Crippen molar-refractivity contribution in [3.8, 4) is 5.75 Å². The summed E-state index contributed by atoms with van der Waals surface area (Å²) < 4.78 is 11.3. The van der Waals surface area contributed by atoms with Crippen LogP contribution in [0.2, 0.25) is 0 Å². The number of hydrazone groups is 1. The average Bonchev–Trinajstić information content (AvgIpc) is 3.11. The molecule has 1 N–H and O–H groups in total. The normalized spacial score (nSPS) is 13.4. The van der Waals surface area contributed by atoms with Gasteiger partial charge >= 0.3 is 5.88 Å². The molecule has 2 aromatic rings. The minimum Gasteiger partial charge on any atom is -0.483 e. The van der Waals surface area contributed by atoms with Gasteiger partial charge in [0.25, 0.3) is 5.91 Å². The minimum atomic E-state index is -0.653. The molecule has 0 atom stereocenters. The van der Waals surface area contributed by atoms with Crippen LogP contribution in [0.5, 0.6) is 5.75 Å². The van der Waals surface area contributed by atoms with Gasteiger partial charge in [-0.3, -0.25) is 14.9 Å². The minimum absolute atomic E-state index is 0.162. The summed E-state index contributed by atoms with van der Waals surface area (Å²) in [6.45, 7) is -0.201. The summed E-state index contributed by atoms with van der Waals surface area (Å²) in [6, 6.07) is 6.48. The van der Waals surface area contributed by atoms with Gasteiger partial charge < -0.3 is 9.15 Å². The Kier molecular flexibility index (Phi) is 5.67. The van der Waals surface area contributed by atoms with Crippen LogP contribution in [-0.2, 0) is 17.6 Å². The lowest BCUT2D eigenvalue weighted by atomic mass is 9.92. The molecule has 9 heteroatoms. The molecule has 136 valence electrons. The number of benzene rings is 1. The summed E-state index contributed by atoms with van der Waals surface area (Å²) >= 11 is 3.56. The van der Waals surface area contributed by atoms with E-state index in [-0.39, 0.29) is 12.4 Å². The van der Waals surface area contributed by atoms with E-state index in [0.29, 0.717) is 5.75 Å². The van der Waals surface area contributed by atoms with Crippen molar-refractivity contribution < 1.29 is 18.9 Å². The summed E-state index contributed by atoms with van der Waals surface area (Å²) in [5, 5.41) is 14.2. The number of hydrogen-bond acceptors (Lipinski definition) is 6. The number of nitrogens with one attached hydrogen (secondary N) is 1. The van der Waals surface area contributed by atoms with Gasteiger partial charge in [-0.05, 0) is 64.9 Å². The van der Waals surface area contributed by atoms with Gasteiger partial charge in [0, 0.05) is 0 Å². The lowest BCUT2D eigenvalue weighted by Gasteiger charge is -2.19. The average molecular weight is 422 g/mol. The molecule has 26 heavy (non-hydrogen) atoms. The van der Waals surface area contributed by atoms with E-state index >= 15 is 0 Å². The lowest BCUT2D eigenvalue weighted by Crippen LogP contribution is -2.24. The molecule has 8 nitrogen and oxygen atoms in total. The quantitative estimate of drug-likeness (QED) is 0.437. The summed E-state index contributed by atoms with van der Waals surface area (Å²) in [5.41, 5.74) is 4.84. The number of hydrogen-bond donors (Lipinski definition) is 1. The van der Waals surface area contributed by atoms with Crippen molar-refractivity contribution in [3.05, 3.63) is 55.7 Å². The maximum Gasteiger partial charge on any atom is 0.433 e. The van der Waals surface area contributed by atoms with Crippen molar-refractivity contribution in [2.75, 3.05) is 6.61 Å². The Morgan fingerprint density at radius 1 is 1.35 bits per heavy atom. The Bertz CT molecular complexity index is 862. The van der Waals surface area contributed by atoms with E-state index < -0.39 is 16.7 Å². The van der Waals surface area contributed by atoms with Crippen LogP contribution in [-0.4, -0.2) is 23.7 Å². The molecule has 1 amide bonds. The van der Waals surface area contributed by atoms with Crippen molar-refractivity contribution in [1.29, 1.82) is 0 Å². The number of halogens is 1. The van der Waals surface area contributed by atoms with Crippen LogP contribution >= 0.6 is 15.9 Å². The first-order valence-electron chi connectivity index (χ1n) is 8.04. The fourth-order valence-electron chi connectivity index (χ4n) is 2.73. The summed E-state index contributed by atoms with van der Waals surface area (Å²) in [5.74, 6) is -0.0629. The Morgan fingerprint density at radius 2 is 2.15 bits per heavy atom. The molecule has 0 aliphatic heterocycles. The fraction of sp³-hybridized carbons (Fsp3) is 0.294. The first-order chi connectivity index (χ1) is 12.5. The third-order valence-electron chi connectivity index (χ3n) is 3.96. The van der Waals surface area contributed by atoms with Gasteiger partial charge in [0.2, 0.25) is 0 Å². The van der Waals surface area contributed by atoms with Crippen molar-refractivity contribution in [3.63, 3.8) is 0 Å². The van der Waals surface area contributed by atoms with Gasteiger partial charge in [-0.15, -0.1) is 0 Å². The molecular formula is C17H16BrN3O5. The number of rotatable bonds is 6. The van der Waals surface area contributed by atoms with Gasteiger partial charge in [0.05, 0.1) is 16.8 Å². The Morgan fingerprint density at radius 3 is 2.92 bits per heavy atom. The third-order valence-corrected chi connectivity index (χ3v) is 4.83. The maximum absolute atomic E-state index is 11.8. The molecule has 1 aliphatic rings. The van der Waals surface area contributed by atoms with E-state index in [4.69, 9.17) is 9.15 Å². The van der Waals surface area contributed by atoms with Crippen molar-refractivity contribution in [1.82, 2.24) is 5.43 Å². The number of amides is 1. The molecule has 3 rings (SSSR count). The number of aryl methyl sites for hydroxylation is 1. The van der Waals surface area contributed by atoms with E-state index in [1.54, 1.807) is 0 Å². The smallest absolute Gasteiger partial charge is 0.433 e. The maximum atomic E-state index is 11.8. The standard InChI is InChI=1S/C17H16BrN3O5/c18-17-13-4-2-1-3-11(13)5-7-14(17)25-10-15(22)20-19-9-12-6-8-16(26-12)21(23)24/h5-9H,1-4,10H2,(H,20,22)/b19-9-. The summed E-state index contributed by atoms with van der Waals surface area (Å²) in [4.78, 5) is 21.7. The molecule has 0 bridgehead atoms. The zero-order valence-electron chi connectivity index (χ0n) is 13.7. The van der Waals surface area contributed by atoms with E-state index in [2.05, 4.69) is 26.5 Å². The highest BCUT2D eigenvalue weighted by Gasteiger charge is 2.16. The van der Waals surface area contributed by atoms with Gasteiger partial charge in [0.1, 0.15) is 10.7 Å². The zero-order valence-corrected chi connectivity index (χ0v) is 15.3. The molecule has 0 radical (unpaired) electrons. The second-order valence-electron chi connectivity index (χ2n) is 5.74. The molecule has 1 aromatic carbocycles. The van der Waals surface area contributed by atoms with E-state index in [1.807, 2.05) is 12.1 Å². The lowest BCUT2D eigenvalue weighted by molar-refractivity contribution is -0.402. The van der Waals surface area contributed by atoms with Crippen LogP contribution in [0.15, 0.2) is 38.3 Å². The molecule has 0 spiro atoms. The molecule has 1 heterocycles. The number of ether oxygens (including phenoxy) is 1. The number of carbonyl (C=O) groups is 1. The van der Waals surface area contributed by atoms with Crippen LogP contribution in [0.25, 0.3) is 0 Å². The van der Waals surface area contributed by atoms with E-state index in [9.17, 15) is 14.9 Å². The van der Waals surface area contributed by atoms with E-state index in [0.717, 1.165) is 23.7 Å². The SMILES string of the molecule is O=C(COc1ccc2c(c1Br)CCCC2)N/N=C\c1ccc([N+](=O)[O-])o1. The first kappa shape index (κ1) is 18.1. The predicted molar refractivity (Wildman–Crippen MR) is 97.4 cm³/mol. The van der Waals surface area contributed by atoms with Crippen LogP contribution in [0.1, 0.15) is 29.7 Å². The zero-order chi connectivity index (χ0) is 18.5. The second-order valence-corrected chi connectivity index (χ2v) is 6.53. The summed E-state index contributed by atoms with van der Waals surface area (Å²) in [7, 11) is 0. The van der Waals surface area contributed by atoms with Gasteiger partial charge in [0.15, 0.2) is 12.4 Å². The fourth-order valence-corrected chi connectivity index (χ4v) is 3.43. The molecule has 0 saturated heterocycles. The second kappa shape index (κ2) is 8.13. The topological polar surface area (TPSA) is 107 Å². The van der Waals surface area contributed by atoms with Gasteiger partial charge in [-0.25, -0.2) is 5.43 Å². The largest absolute Gasteiger partial charge is 0.483 e. The Labute approximate surface area is 157 Å². The summed E-state index contributed by atoms with van der Waals surface area (Å²) in [6.07, 6.45) is 5.58. The van der Waals surface area contributed by atoms with Crippen molar-refractivity contribution in [2.45, 2.75) is 25.7 Å². The highest BCUT2D eigenvalue weighted by molar-refractivity contribution is 9.10. The molecule has 0 fully saturated rings. The van der Waals surface area contributed by atoms with E-state index in [1.165, 1.54) is 35.9 Å².